The molecule has 0 spiro atoms. The second-order valence-electron chi connectivity index (χ2n) is 8.14. The summed E-state index contributed by atoms with van der Waals surface area (Å²) in [6.07, 6.45) is 0. The van der Waals surface area contributed by atoms with E-state index >= 15 is 0 Å². The Morgan fingerprint density at radius 3 is 1.52 bits per heavy atom. The molecule has 0 saturated heterocycles. The molecule has 4 N–H and O–H groups in total. The number of hydrogen-bond donors (Lipinski definition) is 2. The van der Waals surface area contributed by atoms with Gasteiger partial charge in [0.1, 0.15) is 0 Å². The highest BCUT2D eigenvalue weighted by molar-refractivity contribution is 7.92. The Hall–Kier alpha value is -0.960. The van der Waals surface area contributed by atoms with E-state index < -0.39 is 30.3 Å². The van der Waals surface area contributed by atoms with Crippen LogP contribution in [-0.2, 0) is 25.1 Å². The third-order valence-electron chi connectivity index (χ3n) is 4.74. The molecule has 0 saturated carbocycles. The third kappa shape index (κ3) is 9.59. The van der Waals surface area contributed by atoms with E-state index in [4.69, 9.17) is 0 Å². The Morgan fingerprint density at radius 1 is 0.793 bits per heavy atom. The summed E-state index contributed by atoms with van der Waals surface area (Å²) in [5.41, 5.74) is 10.4. The number of hydrogen-bond acceptors (Lipinski definition) is 6. The van der Waals surface area contributed by atoms with Crippen LogP contribution < -0.4 is 11.5 Å². The Balaban J connectivity index is -0.000000572. The topological polar surface area (TPSA) is 120 Å². The predicted molar refractivity (Wildman–Crippen MR) is 130 cm³/mol. The minimum absolute atomic E-state index is 0. The molecular formula is C21H46N2O4S2. The number of sulfone groups is 2. The van der Waals surface area contributed by atoms with Crippen LogP contribution >= 0.6 is 0 Å². The fraction of sp³-hybridized carbons (Fsp3) is 0.714. The highest BCUT2D eigenvalue weighted by Crippen LogP contribution is 2.28. The lowest BCUT2D eigenvalue weighted by molar-refractivity contribution is 0.541. The maximum atomic E-state index is 12.2. The second-order valence-corrected chi connectivity index (χ2v) is 13.3. The second kappa shape index (κ2) is 12.7. The quantitative estimate of drug-likeness (QED) is 0.621. The van der Waals surface area contributed by atoms with Gasteiger partial charge in [-0.05, 0) is 58.8 Å². The summed E-state index contributed by atoms with van der Waals surface area (Å²) in [4.78, 5) is 0. The average molecular weight is 455 g/mol. The zero-order chi connectivity index (χ0) is 23.6. The van der Waals surface area contributed by atoms with Crippen LogP contribution in [0.2, 0.25) is 0 Å². The van der Waals surface area contributed by atoms with Crippen molar-refractivity contribution in [3.8, 4) is 0 Å². The monoisotopic (exact) mass is 454 g/mol. The highest BCUT2D eigenvalue weighted by atomic mass is 32.2. The summed E-state index contributed by atoms with van der Waals surface area (Å²) in [5.74, 6) is 0.118. The van der Waals surface area contributed by atoms with E-state index in [9.17, 15) is 16.8 Å². The van der Waals surface area contributed by atoms with Crippen LogP contribution in [0.5, 0.6) is 0 Å². The summed E-state index contributed by atoms with van der Waals surface area (Å²) < 4.78 is 48.7. The molecule has 1 aromatic carbocycles. The molecule has 0 heterocycles. The van der Waals surface area contributed by atoms with Crippen molar-refractivity contribution in [2.45, 2.75) is 70.3 Å². The van der Waals surface area contributed by atoms with Gasteiger partial charge in [0.25, 0.3) is 0 Å². The fourth-order valence-electron chi connectivity index (χ4n) is 2.65. The van der Waals surface area contributed by atoms with Crippen molar-refractivity contribution in [2.75, 3.05) is 25.6 Å². The smallest absolute Gasteiger partial charge is 0.153 e. The molecule has 176 valence electrons. The number of rotatable bonds is 8. The summed E-state index contributed by atoms with van der Waals surface area (Å²) in [6.45, 7) is 12.6. The van der Waals surface area contributed by atoms with Gasteiger partial charge in [0.2, 0.25) is 0 Å². The van der Waals surface area contributed by atoms with Gasteiger partial charge in [-0.25, -0.2) is 16.8 Å². The normalized spacial score (nSPS) is 13.3. The van der Waals surface area contributed by atoms with Crippen LogP contribution in [0.15, 0.2) is 24.3 Å². The van der Waals surface area contributed by atoms with Gasteiger partial charge in [-0.3, -0.25) is 0 Å². The van der Waals surface area contributed by atoms with E-state index in [-0.39, 0.29) is 25.5 Å². The average Bonchev–Trinajstić information content (AvgIpc) is 2.63. The first-order valence-electron chi connectivity index (χ1n) is 9.88. The van der Waals surface area contributed by atoms with Crippen molar-refractivity contribution < 1.29 is 19.7 Å². The molecule has 0 aliphatic heterocycles. The molecule has 0 amide bonds. The van der Waals surface area contributed by atoms with E-state index in [0.29, 0.717) is 0 Å². The number of nitrogens with two attached hydrogens (primary N) is 2. The molecule has 0 aliphatic carbocycles. The molecule has 0 aromatic heterocycles. The van der Waals surface area contributed by atoms with Crippen LogP contribution in [0, 0.1) is 0 Å². The Morgan fingerprint density at radius 2 is 1.17 bits per heavy atom. The molecule has 0 bridgehead atoms. The lowest BCUT2D eigenvalue weighted by atomic mass is 9.85. The van der Waals surface area contributed by atoms with E-state index in [2.05, 4.69) is 11.5 Å². The minimum atomic E-state index is -3.14. The van der Waals surface area contributed by atoms with Crippen molar-refractivity contribution in [1.29, 1.82) is 0 Å². The van der Waals surface area contributed by atoms with E-state index in [1.54, 1.807) is 27.7 Å². The van der Waals surface area contributed by atoms with Crippen LogP contribution in [0.25, 0.3) is 0 Å². The molecule has 6 nitrogen and oxygen atoms in total. The van der Waals surface area contributed by atoms with Crippen LogP contribution in [-0.4, -0.2) is 52.9 Å². The van der Waals surface area contributed by atoms with Crippen molar-refractivity contribution in [1.82, 2.24) is 0 Å². The molecule has 8 heteroatoms. The molecule has 1 rings (SSSR count). The molecule has 0 aliphatic rings. The van der Waals surface area contributed by atoms with Crippen LogP contribution in [0.4, 0.5) is 0 Å². The van der Waals surface area contributed by atoms with E-state index in [1.165, 1.54) is 14.1 Å². The molecule has 1 aromatic rings. The highest BCUT2D eigenvalue weighted by Gasteiger charge is 2.30. The molecule has 1 unspecified atom stereocenters. The Bertz CT molecular complexity index is 793. The summed E-state index contributed by atoms with van der Waals surface area (Å²) in [6, 6.07) is 7.67. The van der Waals surface area contributed by atoms with E-state index in [0.717, 1.165) is 11.1 Å². The molecule has 0 radical (unpaired) electrons. The lowest BCUT2D eigenvalue weighted by Crippen LogP contribution is -2.32. The predicted octanol–water partition coefficient (Wildman–Crippen LogP) is 3.36. The van der Waals surface area contributed by atoms with Gasteiger partial charge < -0.3 is 11.5 Å². The largest absolute Gasteiger partial charge is 0.333 e. The standard InChI is InChI=1S/C19H32O4S2.2CH5N.2H2/c1-14(2)24(20,21)12-16(5)17-8-10-18(11-9-17)19(6,7)13-25(22,23)15(3)4;2*1-2;;/h8-11,14-16H,12-13H2,1-7H3;2*2H2,1H3;2*1H. The van der Waals surface area contributed by atoms with Gasteiger partial charge in [-0.15, -0.1) is 0 Å². The maximum Gasteiger partial charge on any atom is 0.153 e. The van der Waals surface area contributed by atoms with Crippen molar-refractivity contribution >= 4 is 19.7 Å². The zero-order valence-corrected chi connectivity index (χ0v) is 21.2. The third-order valence-corrected chi connectivity index (χ3v) is 9.70. The summed E-state index contributed by atoms with van der Waals surface area (Å²) >= 11 is 0. The van der Waals surface area contributed by atoms with Crippen LogP contribution in [0.1, 0.15) is 68.4 Å². The Kier molecular flexibility index (Phi) is 13.2. The lowest BCUT2D eigenvalue weighted by Gasteiger charge is -2.26. The van der Waals surface area contributed by atoms with Gasteiger partial charge in [0, 0.05) is 8.27 Å². The molecule has 0 fully saturated rings. The number of benzene rings is 1. The first-order chi connectivity index (χ1) is 13.2. The first-order valence-corrected chi connectivity index (χ1v) is 13.3. The zero-order valence-electron chi connectivity index (χ0n) is 19.6. The molecule has 1 atom stereocenters. The molecular weight excluding hydrogens is 408 g/mol. The van der Waals surface area contributed by atoms with Gasteiger partial charge in [0.15, 0.2) is 19.7 Å². The van der Waals surface area contributed by atoms with Gasteiger partial charge >= 0.3 is 0 Å². The molecule has 29 heavy (non-hydrogen) atoms. The van der Waals surface area contributed by atoms with Crippen LogP contribution in [0.3, 0.4) is 0 Å². The minimum Gasteiger partial charge on any atom is -0.333 e. The fourth-order valence-corrected chi connectivity index (χ4v) is 5.43. The first kappa shape index (κ1) is 30.2. The summed E-state index contributed by atoms with van der Waals surface area (Å²) in [7, 11) is -3.24. The van der Waals surface area contributed by atoms with E-state index in [1.807, 2.05) is 45.0 Å². The van der Waals surface area contributed by atoms with Crippen molar-refractivity contribution in [3.05, 3.63) is 35.4 Å². The Labute approximate surface area is 182 Å². The maximum absolute atomic E-state index is 12.2. The summed E-state index contributed by atoms with van der Waals surface area (Å²) in [5, 5.41) is -0.776. The van der Waals surface area contributed by atoms with Crippen molar-refractivity contribution in [2.24, 2.45) is 11.5 Å². The van der Waals surface area contributed by atoms with Gasteiger partial charge in [0.05, 0.1) is 22.0 Å². The van der Waals surface area contributed by atoms with Gasteiger partial charge in [-0.1, -0.05) is 45.0 Å². The SMILES string of the molecule is CC(CS(=O)(=O)C(C)C)c1ccc(C(C)(C)CS(=O)(=O)C(C)C)cc1.CN.CN.[HH].[HH]. The van der Waals surface area contributed by atoms with Crippen molar-refractivity contribution in [3.63, 3.8) is 0 Å². The van der Waals surface area contributed by atoms with Gasteiger partial charge in [-0.2, -0.15) is 0 Å².